The first kappa shape index (κ1) is 36.8. The molecule has 4 N–H and O–H groups in total. The van der Waals surface area contributed by atoms with E-state index in [1.807, 2.05) is 0 Å². The Bertz CT molecular complexity index is 1380. The highest BCUT2D eigenvalue weighted by Gasteiger charge is 2.58. The lowest BCUT2D eigenvalue weighted by atomic mass is 10.00. The zero-order valence-corrected chi connectivity index (χ0v) is 28.8. The van der Waals surface area contributed by atoms with E-state index in [2.05, 4.69) is 20.0 Å². The van der Waals surface area contributed by atoms with Crippen LogP contribution in [-0.4, -0.2) is 90.8 Å². The molecule has 6 atom stereocenters. The number of nitrogens with one attached hydrogen (secondary N) is 1. The summed E-state index contributed by atoms with van der Waals surface area (Å²) in [6.07, 6.45) is -4.02. The van der Waals surface area contributed by atoms with Gasteiger partial charge in [0.2, 0.25) is 11.8 Å². The van der Waals surface area contributed by atoms with Crippen LogP contribution in [0.2, 0.25) is 0 Å². The second-order valence-corrected chi connectivity index (χ2v) is 16.0. The quantitative estimate of drug-likeness (QED) is 0.113. The molecule has 0 aromatic carbocycles. The van der Waals surface area contributed by atoms with Crippen LogP contribution in [0.25, 0.3) is 11.2 Å². The molecular formula is C25H39ClFN6O8PS2. The number of aromatic nitrogens is 4. The van der Waals surface area contributed by atoms with Gasteiger partial charge in [-0.3, -0.25) is 14.2 Å². The third-order valence-electron chi connectivity index (χ3n) is 5.98. The first-order valence-corrected chi connectivity index (χ1v) is 17.8. The van der Waals surface area contributed by atoms with Crippen LogP contribution in [0.3, 0.4) is 0 Å². The molecule has 14 nitrogen and oxygen atoms in total. The van der Waals surface area contributed by atoms with E-state index >= 15 is 4.39 Å². The van der Waals surface area contributed by atoms with Gasteiger partial charge in [0.25, 0.3) is 11.8 Å². The summed E-state index contributed by atoms with van der Waals surface area (Å²) in [5.74, 6) is -0.412. The molecule has 1 saturated heterocycles. The summed E-state index contributed by atoms with van der Waals surface area (Å²) in [5.41, 5.74) is 5.51. The van der Waals surface area contributed by atoms with Gasteiger partial charge in [0.05, 0.1) is 32.3 Å². The molecule has 0 spiro atoms. The van der Waals surface area contributed by atoms with Crippen molar-refractivity contribution in [1.29, 1.82) is 0 Å². The Balaban J connectivity index is 1.78. The average Bonchev–Trinajstić information content (AvgIpc) is 3.42. The first-order valence-electron chi connectivity index (χ1n) is 13.8. The standard InChI is InChI=1S/C25H39ClFN6O8PS2/c1-8-37-19-16-18(30-23(28)31-19)33(12-29-16)21-25(26,27)17(34)15(41-21)11-39-42(43,32-14(4)20(35)40-13(2)3)38-9-10-44-22(36)24(5,6)7/h12-15,17,21,34H,8-11H2,1-7H3,(H,32,43)(H2,28,30,31)/t14-,15-,17-,21-,25-,42+/m1/s1. The molecule has 0 unspecified atom stereocenters. The van der Waals surface area contributed by atoms with E-state index in [1.54, 1.807) is 41.5 Å². The van der Waals surface area contributed by atoms with E-state index < -0.39 is 54.2 Å². The van der Waals surface area contributed by atoms with Gasteiger partial charge < -0.3 is 34.1 Å². The monoisotopic (exact) mass is 700 g/mol. The van der Waals surface area contributed by atoms with E-state index in [1.165, 1.54) is 17.8 Å². The molecule has 0 saturated carbocycles. The molecule has 1 fully saturated rings. The number of nitrogens with zero attached hydrogens (tertiary/aromatic N) is 4. The molecule has 0 aliphatic carbocycles. The fraction of sp³-hybridized carbons (Fsp3) is 0.720. The fourth-order valence-corrected chi connectivity index (χ4v) is 7.40. The highest BCUT2D eigenvalue weighted by Crippen LogP contribution is 2.49. The van der Waals surface area contributed by atoms with Crippen LogP contribution in [0.15, 0.2) is 6.33 Å². The number of hydrogen-bond donors (Lipinski definition) is 3. The SMILES string of the molecule is CCOc1nc(N)nc2c1ncn2[C@@H]1O[C@H](CO[P@](=S)(N[C@H](C)C(=O)OC(C)C)OCCSC(=O)C(C)(C)C)[C@@H](O)[C@]1(F)Cl. The molecule has 248 valence electrons. The summed E-state index contributed by atoms with van der Waals surface area (Å²) in [6.45, 7) is 8.33. The summed E-state index contributed by atoms with van der Waals surface area (Å²) < 4.78 is 45.3. The number of aliphatic hydroxyl groups is 1. The van der Waals surface area contributed by atoms with Crippen molar-refractivity contribution in [3.8, 4) is 5.88 Å². The second kappa shape index (κ2) is 14.8. The number of thioether (sulfide) groups is 1. The zero-order valence-electron chi connectivity index (χ0n) is 25.5. The first-order chi connectivity index (χ1) is 20.4. The number of hydrogen-bond acceptors (Lipinski definition) is 14. The normalized spacial score (nSPS) is 24.4. The van der Waals surface area contributed by atoms with Crippen LogP contribution in [0.4, 0.5) is 10.3 Å². The number of carbonyl (C=O) groups excluding carboxylic acids is 2. The average molecular weight is 701 g/mol. The number of alkyl halides is 2. The maximum absolute atomic E-state index is 15.9. The molecule has 0 amide bonds. The van der Waals surface area contributed by atoms with Gasteiger partial charge in [-0.25, -0.2) is 14.5 Å². The number of ether oxygens (including phenoxy) is 3. The van der Waals surface area contributed by atoms with Gasteiger partial charge in [-0.15, -0.1) is 0 Å². The largest absolute Gasteiger partial charge is 0.476 e. The Labute approximate surface area is 269 Å². The third kappa shape index (κ3) is 8.97. The zero-order chi connectivity index (χ0) is 33.0. The lowest BCUT2D eigenvalue weighted by Gasteiger charge is -2.28. The molecule has 3 rings (SSSR count). The third-order valence-corrected chi connectivity index (χ3v) is 10.3. The number of carbonyl (C=O) groups is 2. The van der Waals surface area contributed by atoms with Gasteiger partial charge in [0.15, 0.2) is 22.5 Å². The Kier molecular flexibility index (Phi) is 12.4. The molecule has 2 aromatic heterocycles. The van der Waals surface area contributed by atoms with E-state index in [0.29, 0.717) is 0 Å². The Morgan fingerprint density at radius 1 is 1.34 bits per heavy atom. The van der Waals surface area contributed by atoms with Crippen LogP contribution >= 0.6 is 30.0 Å². The van der Waals surface area contributed by atoms with Crippen molar-refractivity contribution >= 4 is 70.0 Å². The highest BCUT2D eigenvalue weighted by atomic mass is 35.5. The smallest absolute Gasteiger partial charge is 0.323 e. The van der Waals surface area contributed by atoms with Crippen molar-refractivity contribution in [1.82, 2.24) is 24.6 Å². The van der Waals surface area contributed by atoms with Gasteiger partial charge in [0.1, 0.15) is 18.2 Å². The number of nitrogen functional groups attached to an aromatic ring is 1. The predicted molar refractivity (Wildman–Crippen MR) is 167 cm³/mol. The Morgan fingerprint density at radius 2 is 2.02 bits per heavy atom. The summed E-state index contributed by atoms with van der Waals surface area (Å²) >= 11 is 12.9. The van der Waals surface area contributed by atoms with Gasteiger partial charge in [-0.05, 0) is 39.5 Å². The molecule has 2 aromatic rings. The van der Waals surface area contributed by atoms with Gasteiger partial charge >= 0.3 is 5.97 Å². The summed E-state index contributed by atoms with van der Waals surface area (Å²) in [4.78, 5) is 37.1. The molecule has 0 bridgehead atoms. The molecule has 1 aliphatic rings. The lowest BCUT2D eigenvalue weighted by molar-refractivity contribution is -0.149. The van der Waals surface area contributed by atoms with E-state index in [0.717, 1.165) is 11.8 Å². The van der Waals surface area contributed by atoms with Crippen LogP contribution in [0.5, 0.6) is 5.88 Å². The fourth-order valence-electron chi connectivity index (χ4n) is 3.84. The number of rotatable bonds is 14. The minimum absolute atomic E-state index is 0.00765. The molecule has 44 heavy (non-hydrogen) atoms. The van der Waals surface area contributed by atoms with Crippen LogP contribution < -0.4 is 15.6 Å². The number of nitrogens with two attached hydrogens (primary N) is 1. The number of imidazole rings is 1. The van der Waals surface area contributed by atoms with Gasteiger partial charge in [0, 0.05) is 11.2 Å². The van der Waals surface area contributed by atoms with Crippen LogP contribution in [-0.2, 0) is 39.9 Å². The van der Waals surface area contributed by atoms with Crippen LogP contribution in [0, 0.1) is 5.41 Å². The van der Waals surface area contributed by atoms with Gasteiger partial charge in [-0.2, -0.15) is 9.97 Å². The maximum atomic E-state index is 15.9. The molecule has 3 heterocycles. The molecule has 0 radical (unpaired) electrons. The number of halogens is 2. The van der Waals surface area contributed by atoms with Crippen molar-refractivity contribution in [3.63, 3.8) is 0 Å². The van der Waals surface area contributed by atoms with Gasteiger partial charge in [-0.1, -0.05) is 44.1 Å². The topological polar surface area (TPSA) is 182 Å². The van der Waals surface area contributed by atoms with Crippen molar-refractivity contribution in [2.45, 2.75) is 84.2 Å². The Morgan fingerprint density at radius 3 is 2.64 bits per heavy atom. The predicted octanol–water partition coefficient (Wildman–Crippen LogP) is 3.46. The van der Waals surface area contributed by atoms with Crippen LogP contribution in [0.1, 0.15) is 54.7 Å². The van der Waals surface area contributed by atoms with Crippen molar-refractivity contribution in [2.75, 3.05) is 31.3 Å². The number of aliphatic hydroxyl groups excluding tert-OH is 1. The number of esters is 1. The molecule has 1 aliphatic heterocycles. The maximum Gasteiger partial charge on any atom is 0.323 e. The van der Waals surface area contributed by atoms with Crippen molar-refractivity contribution < 1.29 is 42.3 Å². The highest BCUT2D eigenvalue weighted by molar-refractivity contribution is 8.13. The molecule has 19 heteroatoms. The second-order valence-electron chi connectivity index (χ2n) is 11.1. The van der Waals surface area contributed by atoms with Crippen molar-refractivity contribution in [2.24, 2.45) is 5.41 Å². The summed E-state index contributed by atoms with van der Waals surface area (Å²) in [5, 5.41) is 10.8. The number of fused-ring (bicyclic) bond motifs is 1. The lowest BCUT2D eigenvalue weighted by Crippen LogP contribution is -2.39. The van der Waals surface area contributed by atoms with E-state index in [9.17, 15) is 14.7 Å². The van der Waals surface area contributed by atoms with Crippen molar-refractivity contribution in [3.05, 3.63) is 6.33 Å². The minimum Gasteiger partial charge on any atom is -0.476 e. The molecular weight excluding hydrogens is 662 g/mol. The van der Waals surface area contributed by atoms with E-state index in [4.69, 9.17) is 52.4 Å². The van der Waals surface area contributed by atoms with E-state index in [-0.39, 0.29) is 53.2 Å². The minimum atomic E-state index is -3.51. The Hall–Kier alpha value is -1.69. The summed E-state index contributed by atoms with van der Waals surface area (Å²) in [7, 11) is 0. The number of anilines is 1. The summed E-state index contributed by atoms with van der Waals surface area (Å²) in [6, 6.07) is -0.940.